The quantitative estimate of drug-likeness (QED) is 0.751. The van der Waals surface area contributed by atoms with E-state index in [0.717, 1.165) is 35.9 Å². The number of benzene rings is 1. The minimum atomic E-state index is 0.269. The van der Waals surface area contributed by atoms with Crippen LogP contribution in [0, 0.1) is 0 Å². The lowest BCUT2D eigenvalue weighted by atomic mass is 9.94. The second kappa shape index (κ2) is 3.88. The van der Waals surface area contributed by atoms with Crippen molar-refractivity contribution < 1.29 is 4.79 Å². The van der Waals surface area contributed by atoms with Crippen molar-refractivity contribution in [2.45, 2.75) is 32.7 Å². The van der Waals surface area contributed by atoms with Crippen molar-refractivity contribution in [3.8, 4) is 0 Å². The summed E-state index contributed by atoms with van der Waals surface area (Å²) in [5.41, 5.74) is 3.24. The molecule has 2 nitrogen and oxygen atoms in total. The predicted octanol–water partition coefficient (Wildman–Crippen LogP) is 3.83. The molecule has 0 spiro atoms. The Hall–Kier alpha value is -1.28. The van der Waals surface area contributed by atoms with Gasteiger partial charge in [-0.3, -0.25) is 4.79 Å². The van der Waals surface area contributed by atoms with Gasteiger partial charge in [0.25, 0.3) is 0 Å². The summed E-state index contributed by atoms with van der Waals surface area (Å²) in [6, 6.07) is 5.84. The molecule has 0 unspecified atom stereocenters. The van der Waals surface area contributed by atoms with E-state index < -0.39 is 0 Å². The van der Waals surface area contributed by atoms with Gasteiger partial charge >= 0.3 is 0 Å². The highest BCUT2D eigenvalue weighted by Gasteiger charge is 2.25. The number of rotatable bonds is 1. The number of aromatic nitrogens is 1. The Morgan fingerprint density at radius 2 is 2.18 bits per heavy atom. The van der Waals surface area contributed by atoms with E-state index in [1.807, 2.05) is 18.2 Å². The molecule has 0 N–H and O–H groups in total. The van der Waals surface area contributed by atoms with Gasteiger partial charge in [-0.05, 0) is 38.0 Å². The molecular formula is C14H14ClNO. The maximum atomic E-state index is 12.1. The molecule has 0 saturated heterocycles. The molecule has 0 aliphatic heterocycles. The third kappa shape index (κ3) is 1.51. The van der Waals surface area contributed by atoms with Gasteiger partial charge in [-0.15, -0.1) is 0 Å². The zero-order valence-electron chi connectivity index (χ0n) is 9.79. The van der Waals surface area contributed by atoms with Crippen LogP contribution in [0.1, 0.15) is 35.8 Å². The normalized spacial score (nSPS) is 15.3. The van der Waals surface area contributed by atoms with Gasteiger partial charge in [-0.25, -0.2) is 0 Å². The highest BCUT2D eigenvalue weighted by molar-refractivity contribution is 6.31. The summed E-state index contributed by atoms with van der Waals surface area (Å²) < 4.78 is 2.25. The second-order valence-corrected chi connectivity index (χ2v) is 4.94. The van der Waals surface area contributed by atoms with Gasteiger partial charge in [-0.2, -0.15) is 0 Å². The van der Waals surface area contributed by atoms with E-state index in [1.54, 1.807) is 0 Å². The van der Waals surface area contributed by atoms with Crippen LogP contribution in [0.25, 0.3) is 10.9 Å². The van der Waals surface area contributed by atoms with Crippen molar-refractivity contribution in [3.05, 3.63) is 34.5 Å². The number of hydrogen-bond donors (Lipinski definition) is 0. The first kappa shape index (κ1) is 10.8. The topological polar surface area (TPSA) is 22.0 Å². The highest BCUT2D eigenvalue weighted by atomic mass is 35.5. The van der Waals surface area contributed by atoms with Crippen LogP contribution in [0.5, 0.6) is 0 Å². The largest absolute Gasteiger partial charge is 0.344 e. The lowest BCUT2D eigenvalue weighted by Gasteiger charge is -2.13. The van der Waals surface area contributed by atoms with E-state index in [0.29, 0.717) is 11.4 Å². The van der Waals surface area contributed by atoms with Crippen LogP contribution in [0.15, 0.2) is 18.2 Å². The van der Waals surface area contributed by atoms with Crippen LogP contribution in [0.3, 0.4) is 0 Å². The maximum Gasteiger partial charge on any atom is 0.165 e. The lowest BCUT2D eigenvalue weighted by Crippen LogP contribution is -2.12. The third-order valence-corrected chi connectivity index (χ3v) is 3.78. The molecule has 0 atom stereocenters. The van der Waals surface area contributed by atoms with Gasteiger partial charge in [0.15, 0.2) is 5.78 Å². The van der Waals surface area contributed by atoms with E-state index in [-0.39, 0.29) is 5.78 Å². The van der Waals surface area contributed by atoms with Gasteiger partial charge < -0.3 is 4.57 Å². The average molecular weight is 248 g/mol. The van der Waals surface area contributed by atoms with Gasteiger partial charge in [0.1, 0.15) is 0 Å². The number of carbonyl (C=O) groups excluding carboxylic acids is 1. The molecule has 1 heterocycles. The first-order valence-electron chi connectivity index (χ1n) is 6.06. The number of ketones is 1. The second-order valence-electron chi connectivity index (χ2n) is 4.50. The molecule has 0 bridgehead atoms. The smallest absolute Gasteiger partial charge is 0.165 e. The van der Waals surface area contributed by atoms with Crippen molar-refractivity contribution in [2.24, 2.45) is 0 Å². The fraction of sp³-hybridized carbons (Fsp3) is 0.357. The monoisotopic (exact) mass is 247 g/mol. The Balaban J connectivity index is 2.43. The molecular weight excluding hydrogens is 234 g/mol. The fourth-order valence-corrected chi connectivity index (χ4v) is 3.03. The minimum Gasteiger partial charge on any atom is -0.344 e. The average Bonchev–Trinajstić information content (AvgIpc) is 2.63. The zero-order valence-corrected chi connectivity index (χ0v) is 10.5. The summed E-state index contributed by atoms with van der Waals surface area (Å²) in [5.74, 6) is 0.269. The number of hydrogen-bond acceptors (Lipinski definition) is 1. The zero-order chi connectivity index (χ0) is 12.0. The number of carbonyl (C=O) groups is 1. The molecule has 0 amide bonds. The SMILES string of the molecule is CCn1c2c(c3cc(Cl)ccc31)C(=O)CCC2. The Bertz CT molecular complexity index is 612. The number of halogens is 1. The van der Waals surface area contributed by atoms with Crippen LogP contribution in [0.4, 0.5) is 0 Å². The third-order valence-electron chi connectivity index (χ3n) is 3.55. The summed E-state index contributed by atoms with van der Waals surface area (Å²) in [7, 11) is 0. The Kier molecular flexibility index (Phi) is 2.48. The Morgan fingerprint density at radius 3 is 2.94 bits per heavy atom. The molecule has 17 heavy (non-hydrogen) atoms. The van der Waals surface area contributed by atoms with Crippen molar-refractivity contribution in [2.75, 3.05) is 0 Å². The van der Waals surface area contributed by atoms with Gasteiger partial charge in [0.2, 0.25) is 0 Å². The highest BCUT2D eigenvalue weighted by Crippen LogP contribution is 2.33. The number of aryl methyl sites for hydroxylation is 1. The van der Waals surface area contributed by atoms with Crippen molar-refractivity contribution in [1.82, 2.24) is 4.57 Å². The van der Waals surface area contributed by atoms with Crippen LogP contribution in [-0.4, -0.2) is 10.4 Å². The van der Waals surface area contributed by atoms with E-state index >= 15 is 0 Å². The molecule has 1 aliphatic rings. The van der Waals surface area contributed by atoms with E-state index in [4.69, 9.17) is 11.6 Å². The number of Topliss-reactive ketones (excluding diaryl/α,β-unsaturated/α-hetero) is 1. The van der Waals surface area contributed by atoms with Gasteiger partial charge in [0, 0.05) is 40.1 Å². The fourth-order valence-electron chi connectivity index (χ4n) is 2.85. The molecule has 3 rings (SSSR count). The molecule has 1 aromatic carbocycles. The first-order chi connectivity index (χ1) is 8.22. The van der Waals surface area contributed by atoms with Crippen molar-refractivity contribution >= 4 is 28.3 Å². The van der Waals surface area contributed by atoms with Crippen molar-refractivity contribution in [3.63, 3.8) is 0 Å². The van der Waals surface area contributed by atoms with E-state index in [1.165, 1.54) is 5.69 Å². The van der Waals surface area contributed by atoms with E-state index in [2.05, 4.69) is 11.5 Å². The minimum absolute atomic E-state index is 0.269. The lowest BCUT2D eigenvalue weighted by molar-refractivity contribution is 0.0973. The summed E-state index contributed by atoms with van der Waals surface area (Å²) in [4.78, 5) is 12.1. The molecule has 1 aliphatic carbocycles. The van der Waals surface area contributed by atoms with Gasteiger partial charge in [0.05, 0.1) is 0 Å². The van der Waals surface area contributed by atoms with Crippen LogP contribution < -0.4 is 0 Å². The summed E-state index contributed by atoms with van der Waals surface area (Å²) >= 11 is 6.04. The molecule has 88 valence electrons. The van der Waals surface area contributed by atoms with Gasteiger partial charge in [-0.1, -0.05) is 11.6 Å². The van der Waals surface area contributed by atoms with Crippen LogP contribution in [0.2, 0.25) is 5.02 Å². The molecule has 3 heteroatoms. The maximum absolute atomic E-state index is 12.1. The Labute approximate surface area is 105 Å². The van der Waals surface area contributed by atoms with E-state index in [9.17, 15) is 4.79 Å². The predicted molar refractivity (Wildman–Crippen MR) is 69.9 cm³/mol. The number of fused-ring (bicyclic) bond motifs is 3. The summed E-state index contributed by atoms with van der Waals surface area (Å²) in [6.07, 6.45) is 2.64. The summed E-state index contributed by atoms with van der Waals surface area (Å²) in [6.45, 7) is 3.02. The summed E-state index contributed by atoms with van der Waals surface area (Å²) in [5, 5.41) is 1.73. The molecule has 0 saturated carbocycles. The first-order valence-corrected chi connectivity index (χ1v) is 6.44. The van der Waals surface area contributed by atoms with Crippen LogP contribution >= 0.6 is 11.6 Å². The molecule has 2 aromatic rings. The van der Waals surface area contributed by atoms with Crippen molar-refractivity contribution in [1.29, 1.82) is 0 Å². The molecule has 0 fully saturated rings. The standard InChI is InChI=1S/C14H14ClNO/c1-2-16-11-7-6-9(15)8-10(11)14-12(16)4-3-5-13(14)17/h6-8H,2-5H2,1H3. The Morgan fingerprint density at radius 1 is 1.35 bits per heavy atom. The molecule has 0 radical (unpaired) electrons. The number of nitrogens with zero attached hydrogens (tertiary/aromatic N) is 1. The molecule has 1 aromatic heterocycles. The van der Waals surface area contributed by atoms with Crippen LogP contribution in [-0.2, 0) is 13.0 Å².